The van der Waals surface area contributed by atoms with E-state index in [9.17, 15) is 9.90 Å². The largest absolute Gasteiger partial charge is 0.393 e. The Morgan fingerprint density at radius 2 is 2.10 bits per heavy atom. The smallest absolute Gasteiger partial charge is 0.222 e. The molecule has 2 rings (SSSR count). The van der Waals surface area contributed by atoms with E-state index in [1.807, 2.05) is 4.90 Å². The monoisotopic (exact) mass is 281 g/mol. The Bertz CT molecular complexity index is 375. The van der Waals surface area contributed by atoms with Crippen molar-refractivity contribution < 1.29 is 9.90 Å². The van der Waals surface area contributed by atoms with Gasteiger partial charge in [0.15, 0.2) is 0 Å². The molecule has 20 heavy (non-hydrogen) atoms. The molecule has 7 nitrogen and oxygen atoms in total. The first kappa shape index (κ1) is 15.1. The average Bonchev–Trinajstić information content (AvgIpc) is 2.79. The maximum atomic E-state index is 11.8. The van der Waals surface area contributed by atoms with Crippen molar-refractivity contribution in [2.45, 2.75) is 31.8 Å². The Hall–Kier alpha value is -1.30. The second kappa shape index (κ2) is 7.47. The van der Waals surface area contributed by atoms with Crippen LogP contribution in [0.4, 0.5) is 0 Å². The van der Waals surface area contributed by atoms with Gasteiger partial charge in [0.2, 0.25) is 5.91 Å². The SMILES string of the molecule is [N-]=[N+]=NCC1CC(=O)N(CCCN2CCC(O)CC2)C1. The topological polar surface area (TPSA) is 92.5 Å². The maximum Gasteiger partial charge on any atom is 0.222 e. The van der Waals surface area contributed by atoms with Gasteiger partial charge in [-0.15, -0.1) is 0 Å². The normalized spacial score (nSPS) is 24.9. The van der Waals surface area contributed by atoms with E-state index in [0.717, 1.165) is 52.0 Å². The number of likely N-dealkylation sites (tertiary alicyclic amines) is 2. The van der Waals surface area contributed by atoms with Crippen LogP contribution in [0.25, 0.3) is 10.4 Å². The molecular formula is C13H23N5O2. The van der Waals surface area contributed by atoms with Crippen LogP contribution in [-0.2, 0) is 4.79 Å². The van der Waals surface area contributed by atoms with Crippen LogP contribution in [0.3, 0.4) is 0 Å². The predicted molar refractivity (Wildman–Crippen MR) is 75.0 cm³/mol. The molecule has 2 fully saturated rings. The van der Waals surface area contributed by atoms with Gasteiger partial charge in [-0.25, -0.2) is 0 Å². The summed E-state index contributed by atoms with van der Waals surface area (Å²) in [5.41, 5.74) is 8.30. The van der Waals surface area contributed by atoms with E-state index in [1.165, 1.54) is 0 Å². The molecular weight excluding hydrogens is 258 g/mol. The van der Waals surface area contributed by atoms with Crippen molar-refractivity contribution in [3.63, 3.8) is 0 Å². The molecule has 0 bridgehead atoms. The third-order valence-corrected chi connectivity index (χ3v) is 4.16. The number of aliphatic hydroxyl groups excluding tert-OH is 1. The molecule has 0 spiro atoms. The summed E-state index contributed by atoms with van der Waals surface area (Å²) in [5.74, 6) is 0.362. The van der Waals surface area contributed by atoms with Crippen LogP contribution in [0, 0.1) is 5.92 Å². The van der Waals surface area contributed by atoms with E-state index in [0.29, 0.717) is 13.0 Å². The Kier molecular flexibility index (Phi) is 5.64. The lowest BCUT2D eigenvalue weighted by atomic mass is 10.1. The number of piperidine rings is 1. The minimum atomic E-state index is -0.132. The third-order valence-electron chi connectivity index (χ3n) is 4.16. The highest BCUT2D eigenvalue weighted by atomic mass is 16.3. The second-order valence-electron chi connectivity index (χ2n) is 5.75. The summed E-state index contributed by atoms with van der Waals surface area (Å²) in [7, 11) is 0. The summed E-state index contributed by atoms with van der Waals surface area (Å²) in [4.78, 5) is 18.8. The van der Waals surface area contributed by atoms with Gasteiger partial charge in [0, 0.05) is 44.1 Å². The van der Waals surface area contributed by atoms with Crippen molar-refractivity contribution >= 4 is 5.91 Å². The molecule has 0 radical (unpaired) electrons. The number of rotatable bonds is 6. The third kappa shape index (κ3) is 4.37. The maximum absolute atomic E-state index is 11.8. The van der Waals surface area contributed by atoms with Gasteiger partial charge in [-0.05, 0) is 37.3 Å². The number of amides is 1. The molecule has 1 atom stereocenters. The first-order valence-corrected chi connectivity index (χ1v) is 7.38. The number of carbonyl (C=O) groups excluding carboxylic acids is 1. The van der Waals surface area contributed by atoms with E-state index in [4.69, 9.17) is 5.53 Å². The molecule has 0 aromatic carbocycles. The van der Waals surface area contributed by atoms with Crippen LogP contribution in [0.5, 0.6) is 0 Å². The first-order valence-electron chi connectivity index (χ1n) is 7.38. The van der Waals surface area contributed by atoms with Gasteiger partial charge < -0.3 is 14.9 Å². The average molecular weight is 281 g/mol. The molecule has 2 aliphatic heterocycles. The molecule has 112 valence electrons. The van der Waals surface area contributed by atoms with Crippen LogP contribution in [0.1, 0.15) is 25.7 Å². The summed E-state index contributed by atoms with van der Waals surface area (Å²) >= 11 is 0. The molecule has 0 aliphatic carbocycles. The van der Waals surface area contributed by atoms with E-state index >= 15 is 0 Å². The molecule has 1 N–H and O–H groups in total. The van der Waals surface area contributed by atoms with Crippen LogP contribution >= 0.6 is 0 Å². The van der Waals surface area contributed by atoms with E-state index in [2.05, 4.69) is 14.9 Å². The summed E-state index contributed by atoms with van der Waals surface area (Å²) in [6.07, 6.45) is 3.06. The highest BCUT2D eigenvalue weighted by molar-refractivity contribution is 5.78. The van der Waals surface area contributed by atoms with Crippen LogP contribution in [0.2, 0.25) is 0 Å². The molecule has 1 unspecified atom stereocenters. The van der Waals surface area contributed by atoms with Gasteiger partial charge in [0.1, 0.15) is 0 Å². The fourth-order valence-electron chi connectivity index (χ4n) is 2.97. The Labute approximate surface area is 119 Å². The molecule has 0 aromatic rings. The standard InChI is InChI=1S/C13H23N5O2/c14-16-15-9-11-8-13(20)18(10-11)5-1-4-17-6-2-12(19)3-7-17/h11-12,19H,1-10H2. The number of hydrogen-bond acceptors (Lipinski definition) is 4. The van der Waals surface area contributed by atoms with Crippen molar-refractivity contribution in [2.75, 3.05) is 39.3 Å². The molecule has 2 saturated heterocycles. The summed E-state index contributed by atoms with van der Waals surface area (Å²) in [6, 6.07) is 0. The van der Waals surface area contributed by atoms with Crippen LogP contribution < -0.4 is 0 Å². The van der Waals surface area contributed by atoms with Gasteiger partial charge in [-0.3, -0.25) is 4.79 Å². The molecule has 2 heterocycles. The van der Waals surface area contributed by atoms with Crippen LogP contribution in [-0.4, -0.2) is 66.2 Å². The zero-order chi connectivity index (χ0) is 14.4. The predicted octanol–water partition coefficient (Wildman–Crippen LogP) is 0.992. The lowest BCUT2D eigenvalue weighted by molar-refractivity contribution is -0.127. The first-order chi connectivity index (χ1) is 9.69. The number of carbonyl (C=O) groups is 1. The molecule has 1 amide bonds. The van der Waals surface area contributed by atoms with Crippen molar-refractivity contribution in [3.05, 3.63) is 10.4 Å². The quantitative estimate of drug-likeness (QED) is 0.447. The van der Waals surface area contributed by atoms with Gasteiger partial charge in [-0.1, -0.05) is 5.11 Å². The number of azide groups is 1. The lowest BCUT2D eigenvalue weighted by Crippen LogP contribution is -2.38. The Balaban J connectivity index is 1.64. The van der Waals surface area contributed by atoms with Crippen molar-refractivity contribution in [1.29, 1.82) is 0 Å². The number of hydrogen-bond donors (Lipinski definition) is 1. The van der Waals surface area contributed by atoms with Gasteiger partial charge in [0.25, 0.3) is 0 Å². The minimum Gasteiger partial charge on any atom is -0.393 e. The number of aliphatic hydroxyl groups is 1. The summed E-state index contributed by atoms with van der Waals surface area (Å²) in [5, 5.41) is 13.0. The van der Waals surface area contributed by atoms with Crippen LogP contribution in [0.15, 0.2) is 5.11 Å². The molecule has 0 aromatic heterocycles. The summed E-state index contributed by atoms with van der Waals surface area (Å²) in [6.45, 7) is 4.81. The van der Waals surface area contributed by atoms with Crippen molar-refractivity contribution in [2.24, 2.45) is 11.0 Å². The molecule has 7 heteroatoms. The minimum absolute atomic E-state index is 0.132. The summed E-state index contributed by atoms with van der Waals surface area (Å²) < 4.78 is 0. The van der Waals surface area contributed by atoms with Gasteiger partial charge in [-0.2, -0.15) is 0 Å². The highest BCUT2D eigenvalue weighted by Crippen LogP contribution is 2.18. The van der Waals surface area contributed by atoms with Crippen molar-refractivity contribution in [3.8, 4) is 0 Å². The number of nitrogens with zero attached hydrogens (tertiary/aromatic N) is 5. The fourth-order valence-corrected chi connectivity index (χ4v) is 2.97. The zero-order valence-electron chi connectivity index (χ0n) is 11.8. The Morgan fingerprint density at radius 3 is 2.80 bits per heavy atom. The van der Waals surface area contributed by atoms with E-state index in [-0.39, 0.29) is 17.9 Å². The van der Waals surface area contributed by atoms with Gasteiger partial charge in [0.05, 0.1) is 6.10 Å². The highest BCUT2D eigenvalue weighted by Gasteiger charge is 2.28. The zero-order valence-corrected chi connectivity index (χ0v) is 11.8. The van der Waals surface area contributed by atoms with Crippen molar-refractivity contribution in [1.82, 2.24) is 9.80 Å². The van der Waals surface area contributed by atoms with E-state index < -0.39 is 0 Å². The second-order valence-corrected chi connectivity index (χ2v) is 5.75. The van der Waals surface area contributed by atoms with E-state index in [1.54, 1.807) is 0 Å². The molecule has 2 aliphatic rings. The fraction of sp³-hybridized carbons (Fsp3) is 0.923. The molecule has 0 saturated carbocycles. The van der Waals surface area contributed by atoms with Gasteiger partial charge >= 0.3 is 0 Å². The Morgan fingerprint density at radius 1 is 1.35 bits per heavy atom. The lowest BCUT2D eigenvalue weighted by Gasteiger charge is -2.30.